The zero-order valence-corrected chi connectivity index (χ0v) is 16.5. The van der Waals surface area contributed by atoms with Gasteiger partial charge in [-0.25, -0.2) is 5.43 Å². The predicted octanol–water partition coefficient (Wildman–Crippen LogP) is 4.93. The van der Waals surface area contributed by atoms with Crippen LogP contribution in [0.3, 0.4) is 0 Å². The Morgan fingerprint density at radius 2 is 1.77 bits per heavy atom. The molecule has 1 heterocycles. The lowest BCUT2D eigenvalue weighted by Crippen LogP contribution is -2.18. The number of para-hydroxylation sites is 1. The Hall–Kier alpha value is -2.66. The second kappa shape index (κ2) is 7.70. The lowest BCUT2D eigenvalue weighted by Gasteiger charge is -2.11. The summed E-state index contributed by atoms with van der Waals surface area (Å²) in [6.07, 6.45) is 1.69. The molecule has 5 heteroatoms. The van der Waals surface area contributed by atoms with Crippen molar-refractivity contribution < 1.29 is 4.79 Å². The second-order valence-electron chi connectivity index (χ2n) is 6.13. The first-order chi connectivity index (χ1) is 12.5. The highest BCUT2D eigenvalue weighted by Gasteiger charge is 2.12. The molecule has 0 aliphatic carbocycles. The van der Waals surface area contributed by atoms with Crippen LogP contribution in [0.25, 0.3) is 5.69 Å². The molecule has 26 heavy (non-hydrogen) atoms. The minimum Gasteiger partial charge on any atom is -0.317 e. The van der Waals surface area contributed by atoms with E-state index in [0.717, 1.165) is 32.7 Å². The summed E-state index contributed by atoms with van der Waals surface area (Å²) in [4.78, 5) is 12.2. The summed E-state index contributed by atoms with van der Waals surface area (Å²) < 4.78 is 3.19. The van der Waals surface area contributed by atoms with Crippen molar-refractivity contribution in [2.24, 2.45) is 5.10 Å². The van der Waals surface area contributed by atoms with Crippen LogP contribution >= 0.6 is 15.9 Å². The Bertz CT molecular complexity index is 989. The van der Waals surface area contributed by atoms with E-state index in [2.05, 4.69) is 50.1 Å². The number of hydrogen-bond acceptors (Lipinski definition) is 2. The summed E-state index contributed by atoms with van der Waals surface area (Å²) in [6, 6.07) is 17.6. The fourth-order valence-corrected chi connectivity index (χ4v) is 3.43. The van der Waals surface area contributed by atoms with E-state index in [-0.39, 0.29) is 5.91 Å². The van der Waals surface area contributed by atoms with Crippen molar-refractivity contribution in [1.29, 1.82) is 0 Å². The molecular formula is C21H20BrN3O. The van der Waals surface area contributed by atoms with Crippen LogP contribution in [0, 0.1) is 20.8 Å². The predicted molar refractivity (Wildman–Crippen MR) is 109 cm³/mol. The zero-order chi connectivity index (χ0) is 18.7. The molecule has 0 bridgehead atoms. The Morgan fingerprint density at radius 3 is 2.50 bits per heavy atom. The molecule has 1 aromatic heterocycles. The number of aryl methyl sites for hydroxylation is 2. The van der Waals surface area contributed by atoms with Gasteiger partial charge in [0.25, 0.3) is 5.91 Å². The van der Waals surface area contributed by atoms with Crippen molar-refractivity contribution in [3.63, 3.8) is 0 Å². The molecule has 132 valence electrons. The Kier molecular flexibility index (Phi) is 5.38. The first-order valence-electron chi connectivity index (χ1n) is 8.32. The van der Waals surface area contributed by atoms with Gasteiger partial charge in [0.05, 0.1) is 11.9 Å². The van der Waals surface area contributed by atoms with E-state index in [9.17, 15) is 4.79 Å². The highest BCUT2D eigenvalue weighted by Crippen LogP contribution is 2.26. The number of halogens is 1. The minimum atomic E-state index is -0.209. The highest BCUT2D eigenvalue weighted by atomic mass is 79.9. The SMILES string of the molecule is Cc1ccccc1C(=O)N/N=C\c1cc(C)n(-c2ccccc2Br)c1C. The smallest absolute Gasteiger partial charge is 0.271 e. The van der Waals surface area contributed by atoms with E-state index in [0.29, 0.717) is 5.56 Å². The van der Waals surface area contributed by atoms with Gasteiger partial charge in [-0.1, -0.05) is 30.3 Å². The number of carbonyl (C=O) groups excluding carboxylic acids is 1. The van der Waals surface area contributed by atoms with Gasteiger partial charge in [0.1, 0.15) is 0 Å². The van der Waals surface area contributed by atoms with Crippen LogP contribution in [0.15, 0.2) is 64.2 Å². The number of carbonyl (C=O) groups is 1. The highest BCUT2D eigenvalue weighted by molar-refractivity contribution is 9.10. The first-order valence-corrected chi connectivity index (χ1v) is 9.11. The monoisotopic (exact) mass is 409 g/mol. The number of rotatable bonds is 4. The van der Waals surface area contributed by atoms with Gasteiger partial charge in [0.2, 0.25) is 0 Å². The molecular weight excluding hydrogens is 390 g/mol. The number of hydrazone groups is 1. The van der Waals surface area contributed by atoms with E-state index >= 15 is 0 Å². The summed E-state index contributed by atoms with van der Waals surface area (Å²) in [7, 11) is 0. The van der Waals surface area contributed by atoms with Crippen molar-refractivity contribution in [3.05, 3.63) is 87.1 Å². The van der Waals surface area contributed by atoms with E-state index < -0.39 is 0 Å². The minimum absolute atomic E-state index is 0.209. The summed E-state index contributed by atoms with van der Waals surface area (Å²) in [5.74, 6) is -0.209. The number of aromatic nitrogens is 1. The van der Waals surface area contributed by atoms with Crippen LogP contribution in [0.1, 0.15) is 32.9 Å². The Morgan fingerprint density at radius 1 is 1.08 bits per heavy atom. The molecule has 0 aliphatic rings. The van der Waals surface area contributed by atoms with Gasteiger partial charge in [0.15, 0.2) is 0 Å². The molecule has 3 aromatic rings. The maximum absolute atomic E-state index is 12.2. The van der Waals surface area contributed by atoms with E-state index in [1.807, 2.05) is 50.2 Å². The van der Waals surface area contributed by atoms with Crippen molar-refractivity contribution in [2.45, 2.75) is 20.8 Å². The topological polar surface area (TPSA) is 46.4 Å². The van der Waals surface area contributed by atoms with Crippen LogP contribution in [-0.2, 0) is 0 Å². The molecule has 1 amide bonds. The fraction of sp³-hybridized carbons (Fsp3) is 0.143. The van der Waals surface area contributed by atoms with Crippen LogP contribution in [-0.4, -0.2) is 16.7 Å². The van der Waals surface area contributed by atoms with Crippen molar-refractivity contribution in [3.8, 4) is 5.69 Å². The van der Waals surface area contributed by atoms with Gasteiger partial charge in [-0.05, 0) is 66.5 Å². The van der Waals surface area contributed by atoms with Gasteiger partial charge in [-0.15, -0.1) is 0 Å². The average molecular weight is 410 g/mol. The maximum atomic E-state index is 12.2. The van der Waals surface area contributed by atoms with Crippen molar-refractivity contribution >= 4 is 28.1 Å². The number of hydrogen-bond donors (Lipinski definition) is 1. The quantitative estimate of drug-likeness (QED) is 0.481. The number of nitrogens with one attached hydrogen (secondary N) is 1. The van der Waals surface area contributed by atoms with Crippen molar-refractivity contribution in [1.82, 2.24) is 9.99 Å². The van der Waals surface area contributed by atoms with Crippen LogP contribution in [0.2, 0.25) is 0 Å². The van der Waals surface area contributed by atoms with Crippen LogP contribution < -0.4 is 5.43 Å². The third-order valence-corrected chi connectivity index (χ3v) is 4.99. The second-order valence-corrected chi connectivity index (χ2v) is 6.98. The van der Waals surface area contributed by atoms with Gasteiger partial charge >= 0.3 is 0 Å². The summed E-state index contributed by atoms with van der Waals surface area (Å²) >= 11 is 3.60. The lowest BCUT2D eigenvalue weighted by molar-refractivity contribution is 0.0954. The molecule has 1 N–H and O–H groups in total. The Balaban J connectivity index is 1.82. The van der Waals surface area contributed by atoms with Crippen molar-refractivity contribution in [2.75, 3.05) is 0 Å². The van der Waals surface area contributed by atoms with E-state index in [4.69, 9.17) is 0 Å². The standard InChI is InChI=1S/C21H20BrN3O/c1-14-8-4-5-9-18(14)21(26)24-23-13-17-12-15(2)25(16(17)3)20-11-7-6-10-19(20)22/h4-13H,1-3H3,(H,24,26)/b23-13-. The number of nitrogens with zero attached hydrogens (tertiary/aromatic N) is 2. The summed E-state index contributed by atoms with van der Waals surface area (Å²) in [5.41, 5.74) is 8.35. The molecule has 4 nitrogen and oxygen atoms in total. The molecule has 0 spiro atoms. The van der Waals surface area contributed by atoms with Crippen LogP contribution in [0.5, 0.6) is 0 Å². The fourth-order valence-electron chi connectivity index (χ4n) is 2.97. The number of benzene rings is 2. The Labute approximate surface area is 161 Å². The van der Waals surface area contributed by atoms with E-state index in [1.54, 1.807) is 12.3 Å². The third kappa shape index (κ3) is 3.63. The summed E-state index contributed by atoms with van der Waals surface area (Å²) in [6.45, 7) is 6.00. The van der Waals surface area contributed by atoms with Gasteiger partial charge in [-0.2, -0.15) is 5.10 Å². The largest absolute Gasteiger partial charge is 0.317 e. The third-order valence-electron chi connectivity index (χ3n) is 4.32. The van der Waals surface area contributed by atoms with Gasteiger partial charge in [-0.3, -0.25) is 4.79 Å². The molecule has 0 unspecified atom stereocenters. The molecule has 0 fully saturated rings. The molecule has 0 atom stereocenters. The van der Waals surface area contributed by atoms with Crippen LogP contribution in [0.4, 0.5) is 0 Å². The molecule has 3 rings (SSSR count). The average Bonchev–Trinajstić information content (AvgIpc) is 2.90. The zero-order valence-electron chi connectivity index (χ0n) is 15.0. The van der Waals surface area contributed by atoms with Gasteiger partial charge < -0.3 is 4.57 Å². The van der Waals surface area contributed by atoms with E-state index in [1.165, 1.54) is 0 Å². The van der Waals surface area contributed by atoms with Gasteiger partial charge in [0, 0.05) is 27.0 Å². The molecule has 0 saturated carbocycles. The number of amides is 1. The summed E-state index contributed by atoms with van der Waals surface area (Å²) in [5, 5.41) is 4.14. The molecule has 0 radical (unpaired) electrons. The normalized spacial score (nSPS) is 11.1. The molecule has 0 saturated heterocycles. The molecule has 0 aliphatic heterocycles. The lowest BCUT2D eigenvalue weighted by atomic mass is 10.1. The maximum Gasteiger partial charge on any atom is 0.271 e. The molecule has 2 aromatic carbocycles. The first kappa shape index (κ1) is 18.1.